The summed E-state index contributed by atoms with van der Waals surface area (Å²) < 4.78 is 0. The molecule has 2 heterocycles. The lowest BCUT2D eigenvalue weighted by Gasteiger charge is -2.36. The van der Waals surface area contributed by atoms with Gasteiger partial charge >= 0.3 is 0 Å². The van der Waals surface area contributed by atoms with Crippen LogP contribution in [-0.2, 0) is 11.2 Å². The van der Waals surface area contributed by atoms with Gasteiger partial charge in [0.2, 0.25) is 5.91 Å². The number of nitrogens with zero attached hydrogens (tertiary/aromatic N) is 2. The molecule has 2 N–H and O–H groups in total. The van der Waals surface area contributed by atoms with E-state index in [2.05, 4.69) is 57.8 Å². The quantitative estimate of drug-likeness (QED) is 0.839. The van der Waals surface area contributed by atoms with Gasteiger partial charge in [-0.1, -0.05) is 37.3 Å². The predicted octanol–water partition coefficient (Wildman–Crippen LogP) is 2.47. The third kappa shape index (κ3) is 4.68. The molecule has 138 valence electrons. The fourth-order valence-corrected chi connectivity index (χ4v) is 3.43. The minimum Gasteiger partial charge on any atom is -0.348 e. The third-order valence-electron chi connectivity index (χ3n) is 5.04. The van der Waals surface area contributed by atoms with Crippen molar-refractivity contribution in [1.82, 2.24) is 20.5 Å². The third-order valence-corrected chi connectivity index (χ3v) is 5.04. The van der Waals surface area contributed by atoms with E-state index in [0.717, 1.165) is 37.2 Å². The van der Waals surface area contributed by atoms with Crippen LogP contribution in [0.3, 0.4) is 0 Å². The molecule has 1 aliphatic rings. The van der Waals surface area contributed by atoms with Gasteiger partial charge in [0, 0.05) is 38.1 Å². The number of aryl methyl sites for hydroxylation is 1. The molecule has 2 aromatic rings. The van der Waals surface area contributed by atoms with Crippen molar-refractivity contribution in [2.75, 3.05) is 26.2 Å². The van der Waals surface area contributed by atoms with E-state index in [1.807, 2.05) is 19.2 Å². The highest BCUT2D eigenvalue weighted by Crippen LogP contribution is 2.21. The fraction of sp³-hybridized carbons (Fsp3) is 0.429. The number of aromatic nitrogens is 1. The van der Waals surface area contributed by atoms with Crippen LogP contribution in [-0.4, -0.2) is 42.0 Å². The van der Waals surface area contributed by atoms with Crippen molar-refractivity contribution >= 4 is 5.91 Å². The molecule has 0 radical (unpaired) electrons. The molecule has 1 fully saturated rings. The van der Waals surface area contributed by atoms with Crippen molar-refractivity contribution in [1.29, 1.82) is 0 Å². The predicted molar refractivity (Wildman–Crippen MR) is 104 cm³/mol. The molecule has 0 spiro atoms. The Morgan fingerprint density at radius 1 is 1.35 bits per heavy atom. The molecule has 3 rings (SSSR count). The molecule has 26 heavy (non-hydrogen) atoms. The first-order valence-corrected chi connectivity index (χ1v) is 9.40. The number of carbonyl (C=O) groups is 1. The maximum absolute atomic E-state index is 12.6. The summed E-state index contributed by atoms with van der Waals surface area (Å²) in [5, 5.41) is 6.55. The first-order valence-electron chi connectivity index (χ1n) is 9.40. The Morgan fingerprint density at radius 2 is 2.15 bits per heavy atom. The smallest absolute Gasteiger partial charge is 0.234 e. The van der Waals surface area contributed by atoms with Crippen LogP contribution in [0, 0.1) is 0 Å². The second kappa shape index (κ2) is 8.92. The van der Waals surface area contributed by atoms with Crippen molar-refractivity contribution in [2.45, 2.75) is 32.4 Å². The zero-order valence-corrected chi connectivity index (χ0v) is 15.6. The van der Waals surface area contributed by atoms with E-state index >= 15 is 0 Å². The maximum Gasteiger partial charge on any atom is 0.234 e. The van der Waals surface area contributed by atoms with Crippen LogP contribution in [0.4, 0.5) is 0 Å². The van der Waals surface area contributed by atoms with E-state index in [0.29, 0.717) is 6.54 Å². The standard InChI is InChI=1S/C21H28N4O/c1-3-17-6-8-18(9-7-17)16(2)24-21(26)15-25-12-11-23-14-20(25)19-5-4-10-22-13-19/h4-10,13,16,20,23H,3,11-12,14-15H2,1-2H3,(H,24,26). The largest absolute Gasteiger partial charge is 0.348 e. The molecule has 0 bridgehead atoms. The molecular formula is C21H28N4O. The lowest BCUT2D eigenvalue weighted by Crippen LogP contribution is -2.49. The van der Waals surface area contributed by atoms with Gasteiger partial charge in [0.1, 0.15) is 0 Å². The van der Waals surface area contributed by atoms with Gasteiger partial charge in [-0.3, -0.25) is 14.7 Å². The fourth-order valence-electron chi connectivity index (χ4n) is 3.43. The van der Waals surface area contributed by atoms with Crippen LogP contribution < -0.4 is 10.6 Å². The number of pyridine rings is 1. The average molecular weight is 352 g/mol. The molecule has 0 saturated carbocycles. The van der Waals surface area contributed by atoms with Gasteiger partial charge in [-0.05, 0) is 36.1 Å². The Kier molecular flexibility index (Phi) is 6.36. The van der Waals surface area contributed by atoms with Gasteiger partial charge in [0.15, 0.2) is 0 Å². The number of benzene rings is 1. The SMILES string of the molecule is CCc1ccc(C(C)NC(=O)CN2CCNCC2c2cccnc2)cc1. The molecule has 5 heteroatoms. The van der Waals surface area contributed by atoms with Crippen molar-refractivity contribution < 1.29 is 4.79 Å². The van der Waals surface area contributed by atoms with E-state index in [1.54, 1.807) is 6.20 Å². The van der Waals surface area contributed by atoms with Crippen molar-refractivity contribution in [3.8, 4) is 0 Å². The van der Waals surface area contributed by atoms with Crippen LogP contribution in [0.2, 0.25) is 0 Å². The molecule has 1 saturated heterocycles. The highest BCUT2D eigenvalue weighted by atomic mass is 16.2. The molecule has 1 aromatic heterocycles. The topological polar surface area (TPSA) is 57.3 Å². The molecule has 1 amide bonds. The molecule has 5 nitrogen and oxygen atoms in total. The Bertz CT molecular complexity index is 702. The Hall–Kier alpha value is -2.24. The maximum atomic E-state index is 12.6. The molecular weight excluding hydrogens is 324 g/mol. The number of carbonyl (C=O) groups excluding carboxylic acids is 1. The number of hydrogen-bond donors (Lipinski definition) is 2. The summed E-state index contributed by atoms with van der Waals surface area (Å²) in [5.41, 5.74) is 3.60. The van der Waals surface area contributed by atoms with E-state index in [-0.39, 0.29) is 18.0 Å². The summed E-state index contributed by atoms with van der Waals surface area (Å²) in [6.07, 6.45) is 4.70. The highest BCUT2D eigenvalue weighted by molar-refractivity contribution is 5.78. The van der Waals surface area contributed by atoms with Crippen LogP contribution >= 0.6 is 0 Å². The number of amides is 1. The summed E-state index contributed by atoms with van der Waals surface area (Å²) in [5.74, 6) is 0.0628. The van der Waals surface area contributed by atoms with Crippen molar-refractivity contribution in [3.63, 3.8) is 0 Å². The number of hydrogen-bond acceptors (Lipinski definition) is 4. The summed E-state index contributed by atoms with van der Waals surface area (Å²) >= 11 is 0. The number of rotatable bonds is 6. The van der Waals surface area contributed by atoms with Gasteiger partial charge in [-0.15, -0.1) is 0 Å². The Balaban J connectivity index is 1.60. The van der Waals surface area contributed by atoms with Gasteiger partial charge in [-0.25, -0.2) is 0 Å². The second-order valence-corrected chi connectivity index (χ2v) is 6.86. The Labute approximate surface area is 155 Å². The number of nitrogens with one attached hydrogen (secondary N) is 2. The summed E-state index contributed by atoms with van der Waals surface area (Å²) in [7, 11) is 0. The minimum atomic E-state index is 0.00756. The summed E-state index contributed by atoms with van der Waals surface area (Å²) in [4.78, 5) is 19.1. The van der Waals surface area contributed by atoms with Crippen molar-refractivity contribution in [3.05, 3.63) is 65.5 Å². The Morgan fingerprint density at radius 3 is 2.85 bits per heavy atom. The normalized spacial score (nSPS) is 19.1. The van der Waals surface area contributed by atoms with Gasteiger partial charge in [0.05, 0.1) is 12.6 Å². The summed E-state index contributed by atoms with van der Waals surface area (Å²) in [6.45, 7) is 7.18. The molecule has 1 aliphatic heterocycles. The zero-order chi connectivity index (χ0) is 18.4. The van der Waals surface area contributed by atoms with Gasteiger partial charge in [-0.2, -0.15) is 0 Å². The lowest BCUT2D eigenvalue weighted by molar-refractivity contribution is -0.123. The highest BCUT2D eigenvalue weighted by Gasteiger charge is 2.26. The molecule has 2 unspecified atom stereocenters. The molecule has 0 aliphatic carbocycles. The first kappa shape index (κ1) is 18.5. The summed E-state index contributed by atoms with van der Waals surface area (Å²) in [6, 6.07) is 12.7. The minimum absolute atomic E-state index is 0.00756. The second-order valence-electron chi connectivity index (χ2n) is 6.86. The zero-order valence-electron chi connectivity index (χ0n) is 15.6. The molecule has 2 atom stereocenters. The van der Waals surface area contributed by atoms with E-state index in [4.69, 9.17) is 0 Å². The van der Waals surface area contributed by atoms with Gasteiger partial charge < -0.3 is 10.6 Å². The van der Waals surface area contributed by atoms with Crippen LogP contribution in [0.5, 0.6) is 0 Å². The first-order chi connectivity index (χ1) is 12.7. The van der Waals surface area contributed by atoms with Crippen LogP contribution in [0.25, 0.3) is 0 Å². The van der Waals surface area contributed by atoms with E-state index in [9.17, 15) is 4.79 Å². The van der Waals surface area contributed by atoms with Crippen molar-refractivity contribution in [2.24, 2.45) is 0 Å². The lowest BCUT2D eigenvalue weighted by atomic mass is 10.0. The average Bonchev–Trinajstić information content (AvgIpc) is 2.69. The monoisotopic (exact) mass is 352 g/mol. The molecule has 1 aromatic carbocycles. The van der Waals surface area contributed by atoms with E-state index < -0.39 is 0 Å². The van der Waals surface area contributed by atoms with Crippen LogP contribution in [0.1, 0.15) is 42.6 Å². The van der Waals surface area contributed by atoms with E-state index in [1.165, 1.54) is 5.56 Å². The number of piperazine rings is 1. The van der Waals surface area contributed by atoms with Crippen LogP contribution in [0.15, 0.2) is 48.8 Å². The van der Waals surface area contributed by atoms with Gasteiger partial charge in [0.25, 0.3) is 0 Å².